The van der Waals surface area contributed by atoms with E-state index in [0.29, 0.717) is 5.69 Å². The second-order valence-corrected chi connectivity index (χ2v) is 7.96. The zero-order valence-corrected chi connectivity index (χ0v) is 16.3. The number of hydrogen-bond donors (Lipinski definition) is 2. The van der Waals surface area contributed by atoms with Crippen LogP contribution in [0.3, 0.4) is 0 Å². The Morgan fingerprint density at radius 2 is 1.83 bits per heavy atom. The van der Waals surface area contributed by atoms with Crippen molar-refractivity contribution < 1.29 is 19.5 Å². The Hall–Kier alpha value is -3.06. The van der Waals surface area contributed by atoms with Gasteiger partial charge in [0.15, 0.2) is 0 Å². The zero-order chi connectivity index (χ0) is 20.8. The average Bonchev–Trinajstić information content (AvgIpc) is 3.20. The molecule has 2 N–H and O–H groups in total. The molecule has 4 rings (SSSR count). The number of carbonyl (C=O) groups is 3. The normalized spacial score (nSPS) is 28.8. The van der Waals surface area contributed by atoms with E-state index in [9.17, 15) is 19.5 Å². The molecule has 2 aromatic rings. The van der Waals surface area contributed by atoms with E-state index in [0.717, 1.165) is 5.56 Å². The van der Waals surface area contributed by atoms with E-state index in [2.05, 4.69) is 10.3 Å². The Kier molecular flexibility index (Phi) is 4.70. The molecule has 7 nitrogen and oxygen atoms in total. The largest absolute Gasteiger partial charge is 0.480 e. The number of imide groups is 1. The van der Waals surface area contributed by atoms with E-state index >= 15 is 0 Å². The van der Waals surface area contributed by atoms with E-state index in [4.69, 9.17) is 0 Å². The Labute approximate surface area is 168 Å². The van der Waals surface area contributed by atoms with Crippen LogP contribution in [0.15, 0.2) is 54.7 Å². The molecule has 1 aromatic heterocycles. The van der Waals surface area contributed by atoms with Crippen molar-refractivity contribution in [3.8, 4) is 0 Å². The van der Waals surface area contributed by atoms with Gasteiger partial charge in [-0.1, -0.05) is 50.2 Å². The summed E-state index contributed by atoms with van der Waals surface area (Å²) in [6.07, 6.45) is 1.60. The molecule has 0 radical (unpaired) electrons. The van der Waals surface area contributed by atoms with Crippen molar-refractivity contribution in [2.75, 3.05) is 0 Å². The van der Waals surface area contributed by atoms with Crippen LogP contribution in [-0.4, -0.2) is 38.3 Å². The van der Waals surface area contributed by atoms with Gasteiger partial charge in [0.25, 0.3) is 0 Å². The van der Waals surface area contributed by atoms with Crippen molar-refractivity contribution in [1.82, 2.24) is 15.2 Å². The van der Waals surface area contributed by atoms with Gasteiger partial charge in [-0.3, -0.25) is 29.6 Å². The van der Waals surface area contributed by atoms with Crippen LogP contribution in [0.4, 0.5) is 0 Å². The molecular formula is C22H23N3O4. The van der Waals surface area contributed by atoms with Gasteiger partial charge in [0.1, 0.15) is 5.54 Å². The fourth-order valence-electron chi connectivity index (χ4n) is 4.71. The van der Waals surface area contributed by atoms with Crippen molar-refractivity contribution in [3.05, 3.63) is 66.0 Å². The maximum atomic E-state index is 13.4. The number of hydrogen-bond acceptors (Lipinski definition) is 5. The highest BCUT2D eigenvalue weighted by Crippen LogP contribution is 2.51. The highest BCUT2D eigenvalue weighted by Gasteiger charge is 2.69. The number of aliphatic carboxylic acids is 1. The molecule has 0 saturated carbocycles. The first-order valence-electron chi connectivity index (χ1n) is 9.69. The Balaban J connectivity index is 1.80. The SMILES string of the molecule is CC(C)C1(C(=O)O)NC(c2ccccn2)C2C(=O)N(Cc3ccccc3)C(=O)C21. The van der Waals surface area contributed by atoms with Crippen LogP contribution >= 0.6 is 0 Å². The number of rotatable bonds is 5. The number of fused-ring (bicyclic) bond motifs is 1. The molecule has 0 aliphatic carbocycles. The molecule has 4 unspecified atom stereocenters. The minimum atomic E-state index is -1.54. The number of nitrogens with zero attached hydrogens (tertiary/aromatic N) is 2. The summed E-state index contributed by atoms with van der Waals surface area (Å²) in [5, 5.41) is 13.3. The second-order valence-electron chi connectivity index (χ2n) is 7.96. The van der Waals surface area contributed by atoms with E-state index in [1.54, 1.807) is 38.2 Å². The Morgan fingerprint density at radius 3 is 2.41 bits per heavy atom. The molecule has 3 heterocycles. The summed E-state index contributed by atoms with van der Waals surface area (Å²) in [6, 6.07) is 13.9. The number of carbonyl (C=O) groups excluding carboxylic acids is 2. The van der Waals surface area contributed by atoms with Crippen LogP contribution in [0, 0.1) is 17.8 Å². The van der Waals surface area contributed by atoms with Crippen molar-refractivity contribution in [2.45, 2.75) is 32.0 Å². The number of nitrogens with one attached hydrogen (secondary N) is 1. The summed E-state index contributed by atoms with van der Waals surface area (Å²) in [7, 11) is 0. The van der Waals surface area contributed by atoms with Gasteiger partial charge in [-0.15, -0.1) is 0 Å². The first-order valence-corrected chi connectivity index (χ1v) is 9.69. The maximum Gasteiger partial charge on any atom is 0.325 e. The van der Waals surface area contributed by atoms with Gasteiger partial charge in [-0.2, -0.15) is 0 Å². The summed E-state index contributed by atoms with van der Waals surface area (Å²) in [4.78, 5) is 44.7. The quantitative estimate of drug-likeness (QED) is 0.754. The molecule has 0 spiro atoms. The molecule has 150 valence electrons. The highest BCUT2D eigenvalue weighted by molar-refractivity contribution is 6.09. The van der Waals surface area contributed by atoms with Crippen LogP contribution in [0.2, 0.25) is 0 Å². The average molecular weight is 393 g/mol. The molecule has 2 aliphatic heterocycles. The third-order valence-corrected chi connectivity index (χ3v) is 6.14. The van der Waals surface area contributed by atoms with Gasteiger partial charge in [0.05, 0.1) is 30.1 Å². The predicted molar refractivity (Wildman–Crippen MR) is 104 cm³/mol. The summed E-state index contributed by atoms with van der Waals surface area (Å²) >= 11 is 0. The van der Waals surface area contributed by atoms with Crippen LogP contribution in [0.25, 0.3) is 0 Å². The van der Waals surface area contributed by atoms with E-state index in [-0.39, 0.29) is 12.5 Å². The maximum absolute atomic E-state index is 13.4. The van der Waals surface area contributed by atoms with E-state index in [1.807, 2.05) is 30.3 Å². The Bertz CT molecular complexity index is 947. The minimum Gasteiger partial charge on any atom is -0.480 e. The molecule has 29 heavy (non-hydrogen) atoms. The summed E-state index contributed by atoms with van der Waals surface area (Å²) in [6.45, 7) is 3.65. The monoisotopic (exact) mass is 393 g/mol. The molecule has 0 bridgehead atoms. The number of benzene rings is 1. The standard InChI is InChI=1S/C22H23N3O4/c1-13(2)22(21(28)29)17-16(18(24-22)15-10-6-7-11-23-15)19(26)25(20(17)27)12-14-8-4-3-5-9-14/h3-11,13,16-18,24H,12H2,1-2H3,(H,28,29). The van der Waals surface area contributed by atoms with E-state index < -0.39 is 41.2 Å². The molecule has 2 saturated heterocycles. The lowest BCUT2D eigenvalue weighted by atomic mass is 9.73. The molecule has 7 heteroatoms. The van der Waals surface area contributed by atoms with Gasteiger partial charge in [-0.05, 0) is 23.6 Å². The summed E-state index contributed by atoms with van der Waals surface area (Å²) in [5.74, 6) is -4.11. The predicted octanol–water partition coefficient (Wildman–Crippen LogP) is 2.01. The van der Waals surface area contributed by atoms with Crippen molar-refractivity contribution in [1.29, 1.82) is 0 Å². The van der Waals surface area contributed by atoms with Gasteiger partial charge in [0.2, 0.25) is 11.8 Å². The molecule has 2 fully saturated rings. The van der Waals surface area contributed by atoms with Crippen LogP contribution in [0.1, 0.15) is 31.1 Å². The first-order chi connectivity index (χ1) is 13.9. The lowest BCUT2D eigenvalue weighted by Crippen LogP contribution is -2.59. The number of amides is 2. The molecular weight excluding hydrogens is 370 g/mol. The van der Waals surface area contributed by atoms with Gasteiger partial charge in [0, 0.05) is 6.20 Å². The van der Waals surface area contributed by atoms with Crippen LogP contribution in [-0.2, 0) is 20.9 Å². The number of likely N-dealkylation sites (tertiary alicyclic amines) is 1. The smallest absolute Gasteiger partial charge is 0.325 e. The van der Waals surface area contributed by atoms with Gasteiger partial charge < -0.3 is 5.11 Å². The number of carboxylic acid groups (broad SMARTS) is 1. The third-order valence-electron chi connectivity index (χ3n) is 6.14. The van der Waals surface area contributed by atoms with Gasteiger partial charge in [-0.25, -0.2) is 0 Å². The highest BCUT2D eigenvalue weighted by atomic mass is 16.4. The molecule has 1 aromatic carbocycles. The second kappa shape index (κ2) is 7.08. The van der Waals surface area contributed by atoms with Crippen molar-refractivity contribution in [3.63, 3.8) is 0 Å². The molecule has 2 amide bonds. The lowest BCUT2D eigenvalue weighted by Gasteiger charge is -2.34. The molecule has 2 aliphatic rings. The van der Waals surface area contributed by atoms with Crippen molar-refractivity contribution in [2.24, 2.45) is 17.8 Å². The fourth-order valence-corrected chi connectivity index (χ4v) is 4.71. The van der Waals surface area contributed by atoms with Crippen LogP contribution < -0.4 is 5.32 Å². The van der Waals surface area contributed by atoms with Crippen LogP contribution in [0.5, 0.6) is 0 Å². The minimum absolute atomic E-state index is 0.133. The van der Waals surface area contributed by atoms with Gasteiger partial charge >= 0.3 is 5.97 Å². The molecule has 4 atom stereocenters. The third kappa shape index (κ3) is 2.84. The number of aromatic nitrogens is 1. The topological polar surface area (TPSA) is 99.6 Å². The summed E-state index contributed by atoms with van der Waals surface area (Å²) < 4.78 is 0. The van der Waals surface area contributed by atoms with E-state index in [1.165, 1.54) is 4.90 Å². The Morgan fingerprint density at radius 1 is 1.14 bits per heavy atom. The number of pyridine rings is 1. The fraction of sp³-hybridized carbons (Fsp3) is 0.364. The first kappa shape index (κ1) is 19.3. The zero-order valence-electron chi connectivity index (χ0n) is 16.3. The number of carboxylic acids is 1. The summed E-state index contributed by atoms with van der Waals surface area (Å²) in [5.41, 5.74) is -0.152. The lowest BCUT2D eigenvalue weighted by molar-refractivity contribution is -0.154. The van der Waals surface area contributed by atoms with Crippen molar-refractivity contribution >= 4 is 17.8 Å².